The summed E-state index contributed by atoms with van der Waals surface area (Å²) in [5, 5.41) is 12.1. The van der Waals surface area contributed by atoms with Gasteiger partial charge < -0.3 is 15.3 Å². The first-order chi connectivity index (χ1) is 9.56. The number of nitrogens with zero attached hydrogens (tertiary/aromatic N) is 1. The van der Waals surface area contributed by atoms with Crippen LogP contribution in [-0.4, -0.2) is 41.6 Å². The molecule has 1 saturated carbocycles. The normalized spacial score (nSPS) is 28.1. The molecule has 2 unspecified atom stereocenters. The van der Waals surface area contributed by atoms with Gasteiger partial charge in [0.2, 0.25) is 0 Å². The predicted octanol–water partition coefficient (Wildman–Crippen LogP) is 2.32. The lowest BCUT2D eigenvalue weighted by molar-refractivity contribution is -0.143. The van der Waals surface area contributed by atoms with Gasteiger partial charge in [-0.1, -0.05) is 26.2 Å². The fraction of sp³-hybridized carbons (Fsp3) is 0.867. The average molecular weight is 282 g/mol. The lowest BCUT2D eigenvalue weighted by Crippen LogP contribution is -2.50. The van der Waals surface area contributed by atoms with E-state index >= 15 is 0 Å². The Labute approximate surface area is 120 Å². The number of hydrogen-bond donors (Lipinski definition) is 2. The zero-order valence-corrected chi connectivity index (χ0v) is 12.3. The van der Waals surface area contributed by atoms with Gasteiger partial charge in [0.15, 0.2) is 0 Å². The van der Waals surface area contributed by atoms with Crippen LogP contribution >= 0.6 is 0 Å². The average Bonchev–Trinajstić information content (AvgIpc) is 2.45. The Morgan fingerprint density at radius 2 is 1.90 bits per heavy atom. The molecule has 2 aliphatic rings. The molecule has 1 heterocycles. The number of carboxylic acids is 1. The van der Waals surface area contributed by atoms with E-state index in [-0.39, 0.29) is 11.9 Å². The van der Waals surface area contributed by atoms with Gasteiger partial charge >= 0.3 is 12.0 Å². The fourth-order valence-electron chi connectivity index (χ4n) is 3.43. The van der Waals surface area contributed by atoms with Crippen LogP contribution in [-0.2, 0) is 4.79 Å². The molecule has 2 rings (SSSR count). The molecule has 0 radical (unpaired) electrons. The standard InChI is InChI=1S/C15H26N2O3/c1-11-7-13(14(18)19)10-17(9-11)15(20)16-8-12-5-3-2-4-6-12/h11-13H,2-10H2,1H3,(H,16,20)(H,18,19). The highest BCUT2D eigenvalue weighted by atomic mass is 16.4. The van der Waals surface area contributed by atoms with Crippen LogP contribution in [0.15, 0.2) is 0 Å². The quantitative estimate of drug-likeness (QED) is 0.834. The van der Waals surface area contributed by atoms with Crippen molar-refractivity contribution in [2.45, 2.75) is 45.4 Å². The zero-order valence-electron chi connectivity index (χ0n) is 12.3. The van der Waals surface area contributed by atoms with Crippen molar-refractivity contribution in [2.75, 3.05) is 19.6 Å². The third-order valence-corrected chi connectivity index (χ3v) is 4.56. The minimum absolute atomic E-state index is 0.0895. The van der Waals surface area contributed by atoms with Crippen molar-refractivity contribution in [3.8, 4) is 0 Å². The van der Waals surface area contributed by atoms with Gasteiger partial charge in [0.25, 0.3) is 0 Å². The third kappa shape index (κ3) is 4.12. The second-order valence-electron chi connectivity index (χ2n) is 6.47. The number of carbonyl (C=O) groups is 2. The van der Waals surface area contributed by atoms with Crippen molar-refractivity contribution in [1.29, 1.82) is 0 Å². The molecule has 1 saturated heterocycles. The van der Waals surface area contributed by atoms with Gasteiger partial charge in [-0.2, -0.15) is 0 Å². The second-order valence-corrected chi connectivity index (χ2v) is 6.47. The lowest BCUT2D eigenvalue weighted by atomic mass is 9.89. The highest BCUT2D eigenvalue weighted by Crippen LogP contribution is 2.24. The Bertz CT molecular complexity index is 353. The number of hydrogen-bond acceptors (Lipinski definition) is 2. The molecule has 0 spiro atoms. The number of piperidine rings is 1. The van der Waals surface area contributed by atoms with E-state index in [1.165, 1.54) is 32.1 Å². The molecule has 0 bridgehead atoms. The summed E-state index contributed by atoms with van der Waals surface area (Å²) in [5.41, 5.74) is 0. The number of carboxylic acid groups (broad SMARTS) is 1. The Hall–Kier alpha value is -1.26. The number of aliphatic carboxylic acids is 1. The number of amides is 2. The first-order valence-electron chi connectivity index (χ1n) is 7.82. The maximum atomic E-state index is 12.2. The van der Waals surface area contributed by atoms with Crippen LogP contribution in [0.25, 0.3) is 0 Å². The monoisotopic (exact) mass is 282 g/mol. The summed E-state index contributed by atoms with van der Waals surface area (Å²) in [7, 11) is 0. The Morgan fingerprint density at radius 1 is 1.20 bits per heavy atom. The molecule has 2 atom stereocenters. The number of urea groups is 1. The number of rotatable bonds is 3. The molecule has 2 fully saturated rings. The summed E-state index contributed by atoms with van der Waals surface area (Å²) in [6.45, 7) is 3.76. The van der Waals surface area contributed by atoms with E-state index in [1.54, 1.807) is 4.90 Å². The number of likely N-dealkylation sites (tertiary alicyclic amines) is 1. The maximum Gasteiger partial charge on any atom is 0.317 e. The minimum atomic E-state index is -0.790. The smallest absolute Gasteiger partial charge is 0.317 e. The number of carbonyl (C=O) groups excluding carboxylic acids is 1. The summed E-state index contributed by atoms with van der Waals surface area (Å²) in [6.07, 6.45) is 6.92. The van der Waals surface area contributed by atoms with E-state index in [4.69, 9.17) is 5.11 Å². The maximum absolute atomic E-state index is 12.2. The van der Waals surface area contributed by atoms with Crippen LogP contribution < -0.4 is 5.32 Å². The molecule has 0 aromatic carbocycles. The molecule has 0 aromatic rings. The van der Waals surface area contributed by atoms with Crippen molar-refractivity contribution in [1.82, 2.24) is 10.2 Å². The fourth-order valence-corrected chi connectivity index (χ4v) is 3.43. The first-order valence-corrected chi connectivity index (χ1v) is 7.82. The highest BCUT2D eigenvalue weighted by Gasteiger charge is 2.32. The van der Waals surface area contributed by atoms with Gasteiger partial charge in [0.05, 0.1) is 5.92 Å². The molecule has 1 aliphatic carbocycles. The van der Waals surface area contributed by atoms with Crippen LogP contribution in [0.4, 0.5) is 4.79 Å². The molecule has 0 aromatic heterocycles. The van der Waals surface area contributed by atoms with Gasteiger partial charge in [0, 0.05) is 19.6 Å². The van der Waals surface area contributed by atoms with E-state index in [0.29, 0.717) is 25.4 Å². The van der Waals surface area contributed by atoms with Gasteiger partial charge in [-0.3, -0.25) is 4.79 Å². The first kappa shape index (κ1) is 15.1. The van der Waals surface area contributed by atoms with Gasteiger partial charge in [-0.05, 0) is 31.1 Å². The SMILES string of the molecule is CC1CC(C(=O)O)CN(C(=O)NCC2CCCCC2)C1. The van der Waals surface area contributed by atoms with E-state index in [2.05, 4.69) is 5.32 Å². The largest absolute Gasteiger partial charge is 0.481 e. The summed E-state index contributed by atoms with van der Waals surface area (Å²) in [4.78, 5) is 25.0. The predicted molar refractivity (Wildman–Crippen MR) is 76.5 cm³/mol. The molecule has 20 heavy (non-hydrogen) atoms. The van der Waals surface area contributed by atoms with Crippen LogP contribution in [0.5, 0.6) is 0 Å². The molecular weight excluding hydrogens is 256 g/mol. The second kappa shape index (κ2) is 6.95. The Balaban J connectivity index is 1.80. The summed E-state index contributed by atoms with van der Waals surface area (Å²) in [5.74, 6) is -0.351. The van der Waals surface area contributed by atoms with Crippen LogP contribution in [0.1, 0.15) is 45.4 Å². The van der Waals surface area contributed by atoms with Gasteiger partial charge in [-0.15, -0.1) is 0 Å². The summed E-state index contributed by atoms with van der Waals surface area (Å²) in [6, 6.07) is -0.0895. The summed E-state index contributed by atoms with van der Waals surface area (Å²) >= 11 is 0. The van der Waals surface area contributed by atoms with Gasteiger partial charge in [-0.25, -0.2) is 4.79 Å². The molecule has 2 amide bonds. The number of nitrogens with one attached hydrogen (secondary N) is 1. The van der Waals surface area contributed by atoms with E-state index in [1.807, 2.05) is 6.92 Å². The Morgan fingerprint density at radius 3 is 2.55 bits per heavy atom. The van der Waals surface area contributed by atoms with Crippen molar-refractivity contribution in [3.05, 3.63) is 0 Å². The van der Waals surface area contributed by atoms with E-state index in [9.17, 15) is 9.59 Å². The molecule has 2 N–H and O–H groups in total. The third-order valence-electron chi connectivity index (χ3n) is 4.56. The molecule has 5 heteroatoms. The van der Waals surface area contributed by atoms with Crippen LogP contribution in [0.2, 0.25) is 0 Å². The topological polar surface area (TPSA) is 69.6 Å². The molecular formula is C15H26N2O3. The summed E-state index contributed by atoms with van der Waals surface area (Å²) < 4.78 is 0. The van der Waals surface area contributed by atoms with Crippen molar-refractivity contribution >= 4 is 12.0 Å². The highest BCUT2D eigenvalue weighted by molar-refractivity contribution is 5.76. The van der Waals surface area contributed by atoms with E-state index in [0.717, 1.165) is 6.54 Å². The van der Waals surface area contributed by atoms with Crippen molar-refractivity contribution < 1.29 is 14.7 Å². The lowest BCUT2D eigenvalue weighted by Gasteiger charge is -2.35. The molecule has 1 aliphatic heterocycles. The molecule has 5 nitrogen and oxygen atoms in total. The molecule has 114 valence electrons. The zero-order chi connectivity index (χ0) is 14.5. The van der Waals surface area contributed by atoms with Gasteiger partial charge in [0.1, 0.15) is 0 Å². The Kier molecular flexibility index (Phi) is 5.26. The van der Waals surface area contributed by atoms with Crippen LogP contribution in [0.3, 0.4) is 0 Å². The minimum Gasteiger partial charge on any atom is -0.481 e. The van der Waals surface area contributed by atoms with Crippen LogP contribution in [0, 0.1) is 17.8 Å². The van der Waals surface area contributed by atoms with Crippen molar-refractivity contribution in [2.24, 2.45) is 17.8 Å². The van der Waals surface area contributed by atoms with Crippen molar-refractivity contribution in [3.63, 3.8) is 0 Å². The van der Waals surface area contributed by atoms with E-state index < -0.39 is 11.9 Å².